The Hall–Kier alpha value is -1.06. The zero-order valence-electron chi connectivity index (χ0n) is 9.69. The summed E-state index contributed by atoms with van der Waals surface area (Å²) in [5.74, 6) is -0.672. The van der Waals surface area contributed by atoms with Gasteiger partial charge in [0.25, 0.3) is 0 Å². The molecule has 1 aliphatic heterocycles. The number of fused-ring (bicyclic) bond motifs is 1. The lowest BCUT2D eigenvalue weighted by molar-refractivity contribution is -0.149. The highest BCUT2D eigenvalue weighted by Gasteiger charge is 2.40. The second kappa shape index (κ2) is 4.44. The van der Waals surface area contributed by atoms with Crippen LogP contribution >= 0.6 is 0 Å². The Morgan fingerprint density at radius 3 is 2.56 bits per heavy atom. The van der Waals surface area contributed by atoms with Crippen LogP contribution in [0.1, 0.15) is 39.0 Å². The van der Waals surface area contributed by atoms with Crippen LogP contribution in [-0.2, 0) is 9.59 Å². The van der Waals surface area contributed by atoms with Crippen molar-refractivity contribution in [1.82, 2.24) is 4.90 Å². The van der Waals surface area contributed by atoms with Gasteiger partial charge in [-0.1, -0.05) is 12.8 Å². The summed E-state index contributed by atoms with van der Waals surface area (Å²) in [5.41, 5.74) is 0. The molecule has 0 radical (unpaired) electrons. The molecular weight excluding hydrogens is 206 g/mol. The van der Waals surface area contributed by atoms with Crippen molar-refractivity contribution in [2.45, 2.75) is 45.1 Å². The fourth-order valence-electron chi connectivity index (χ4n) is 3.23. The number of likely N-dealkylation sites (tertiary alicyclic amines) is 1. The van der Waals surface area contributed by atoms with Gasteiger partial charge in [-0.05, 0) is 25.2 Å². The predicted molar refractivity (Wildman–Crippen MR) is 58.9 cm³/mol. The van der Waals surface area contributed by atoms with Gasteiger partial charge >= 0.3 is 5.97 Å². The normalized spacial score (nSPS) is 34.3. The van der Waals surface area contributed by atoms with E-state index in [1.54, 1.807) is 11.8 Å². The number of hydrogen-bond acceptors (Lipinski definition) is 2. The number of carboxylic acids is 1. The van der Waals surface area contributed by atoms with Crippen molar-refractivity contribution >= 4 is 11.9 Å². The van der Waals surface area contributed by atoms with Gasteiger partial charge in [0.15, 0.2) is 0 Å². The minimum absolute atomic E-state index is 0.0304. The number of aliphatic carboxylic acids is 1. The summed E-state index contributed by atoms with van der Waals surface area (Å²) in [7, 11) is 0. The summed E-state index contributed by atoms with van der Waals surface area (Å²) in [5, 5.41) is 9.09. The molecule has 3 atom stereocenters. The third-order valence-electron chi connectivity index (χ3n) is 4.03. The average molecular weight is 225 g/mol. The van der Waals surface area contributed by atoms with E-state index < -0.39 is 5.97 Å². The Kier molecular flexibility index (Phi) is 3.17. The van der Waals surface area contributed by atoms with E-state index in [1.807, 2.05) is 0 Å². The third kappa shape index (κ3) is 2.06. The summed E-state index contributed by atoms with van der Waals surface area (Å²) < 4.78 is 0. The molecular formula is C12H19NO3. The van der Waals surface area contributed by atoms with Crippen LogP contribution in [0.3, 0.4) is 0 Å². The zero-order chi connectivity index (χ0) is 11.7. The summed E-state index contributed by atoms with van der Waals surface area (Å²) in [6.45, 7) is 1.96. The highest BCUT2D eigenvalue weighted by atomic mass is 16.4. The van der Waals surface area contributed by atoms with Crippen molar-refractivity contribution in [3.63, 3.8) is 0 Å². The molecule has 0 spiro atoms. The van der Waals surface area contributed by atoms with Crippen molar-refractivity contribution in [1.29, 1.82) is 0 Å². The number of carboxylic acid groups (broad SMARTS) is 1. The lowest BCUT2D eigenvalue weighted by atomic mass is 9.75. The Morgan fingerprint density at radius 1 is 1.25 bits per heavy atom. The van der Waals surface area contributed by atoms with Gasteiger partial charge in [0.1, 0.15) is 0 Å². The standard InChI is InChI=1S/C12H19NO3/c1-8(14)13-7-10(12(15)16)6-9-4-2-3-5-11(9)13/h9-11H,2-7H2,1H3,(H,15,16)/t9-,10+,11+/m0/s1. The summed E-state index contributed by atoms with van der Waals surface area (Å²) >= 11 is 0. The first-order chi connectivity index (χ1) is 7.59. The number of carbonyl (C=O) groups excluding carboxylic acids is 1. The maximum absolute atomic E-state index is 11.6. The molecule has 4 heteroatoms. The van der Waals surface area contributed by atoms with Crippen LogP contribution in [0.2, 0.25) is 0 Å². The summed E-state index contributed by atoms with van der Waals surface area (Å²) in [6.07, 6.45) is 5.24. The number of amides is 1. The Bertz CT molecular complexity index is 303. The SMILES string of the molecule is CC(=O)N1C[C@H](C(=O)O)C[C@@H]2CCCC[C@H]21. The van der Waals surface area contributed by atoms with Crippen molar-refractivity contribution in [3.05, 3.63) is 0 Å². The highest BCUT2D eigenvalue weighted by Crippen LogP contribution is 2.37. The van der Waals surface area contributed by atoms with Gasteiger partial charge in [-0.3, -0.25) is 9.59 Å². The number of piperidine rings is 1. The summed E-state index contributed by atoms with van der Waals surface area (Å²) in [6, 6.07) is 0.307. The molecule has 1 amide bonds. The number of carbonyl (C=O) groups is 2. The van der Waals surface area contributed by atoms with E-state index in [2.05, 4.69) is 0 Å². The molecule has 1 saturated heterocycles. The van der Waals surface area contributed by atoms with Gasteiger partial charge in [0, 0.05) is 19.5 Å². The van der Waals surface area contributed by atoms with Crippen LogP contribution in [-0.4, -0.2) is 34.5 Å². The van der Waals surface area contributed by atoms with E-state index >= 15 is 0 Å². The van der Waals surface area contributed by atoms with Gasteiger partial charge in [-0.15, -0.1) is 0 Å². The van der Waals surface area contributed by atoms with E-state index in [0.717, 1.165) is 19.3 Å². The van der Waals surface area contributed by atoms with Crippen molar-refractivity contribution in [3.8, 4) is 0 Å². The lowest BCUT2D eigenvalue weighted by Gasteiger charge is -2.45. The van der Waals surface area contributed by atoms with Crippen LogP contribution < -0.4 is 0 Å². The first-order valence-corrected chi connectivity index (χ1v) is 6.09. The molecule has 16 heavy (non-hydrogen) atoms. The van der Waals surface area contributed by atoms with Crippen LogP contribution in [0.15, 0.2) is 0 Å². The first-order valence-electron chi connectivity index (χ1n) is 6.09. The van der Waals surface area contributed by atoms with Gasteiger partial charge < -0.3 is 10.0 Å². The molecule has 1 N–H and O–H groups in total. The predicted octanol–water partition coefficient (Wildman–Crippen LogP) is 1.50. The van der Waals surface area contributed by atoms with E-state index in [4.69, 9.17) is 5.11 Å². The number of rotatable bonds is 1. The Labute approximate surface area is 95.6 Å². The van der Waals surface area contributed by atoms with Gasteiger partial charge in [0.2, 0.25) is 5.91 Å². The molecule has 0 aromatic carbocycles. The van der Waals surface area contributed by atoms with Crippen LogP contribution in [0.5, 0.6) is 0 Å². The molecule has 2 rings (SSSR count). The highest BCUT2D eigenvalue weighted by molar-refractivity contribution is 5.76. The first kappa shape index (κ1) is 11.4. The van der Waals surface area contributed by atoms with Gasteiger partial charge in [-0.2, -0.15) is 0 Å². The van der Waals surface area contributed by atoms with E-state index in [1.165, 1.54) is 12.8 Å². The molecule has 0 aromatic heterocycles. The fraction of sp³-hybridized carbons (Fsp3) is 0.833. The maximum atomic E-state index is 11.6. The minimum Gasteiger partial charge on any atom is -0.481 e. The second-order valence-electron chi connectivity index (χ2n) is 5.05. The summed E-state index contributed by atoms with van der Waals surface area (Å²) in [4.78, 5) is 24.4. The average Bonchev–Trinajstić information content (AvgIpc) is 2.27. The van der Waals surface area contributed by atoms with Crippen molar-refractivity contribution in [2.24, 2.45) is 11.8 Å². The smallest absolute Gasteiger partial charge is 0.308 e. The molecule has 4 nitrogen and oxygen atoms in total. The largest absolute Gasteiger partial charge is 0.481 e. The molecule has 0 unspecified atom stereocenters. The van der Waals surface area contributed by atoms with E-state index in [9.17, 15) is 9.59 Å². The Morgan fingerprint density at radius 2 is 1.94 bits per heavy atom. The monoisotopic (exact) mass is 225 g/mol. The molecule has 2 aliphatic rings. The molecule has 2 fully saturated rings. The quantitative estimate of drug-likeness (QED) is 0.735. The van der Waals surface area contributed by atoms with E-state index in [-0.39, 0.29) is 11.8 Å². The fourth-order valence-corrected chi connectivity index (χ4v) is 3.23. The molecule has 0 bridgehead atoms. The van der Waals surface area contributed by atoms with E-state index in [0.29, 0.717) is 18.5 Å². The molecule has 1 aliphatic carbocycles. The molecule has 1 saturated carbocycles. The number of hydrogen-bond donors (Lipinski definition) is 1. The van der Waals surface area contributed by atoms with Crippen molar-refractivity contribution < 1.29 is 14.7 Å². The zero-order valence-corrected chi connectivity index (χ0v) is 9.69. The molecule has 90 valence electrons. The third-order valence-corrected chi connectivity index (χ3v) is 4.03. The maximum Gasteiger partial charge on any atom is 0.308 e. The second-order valence-corrected chi connectivity index (χ2v) is 5.05. The lowest BCUT2D eigenvalue weighted by Crippen LogP contribution is -2.53. The van der Waals surface area contributed by atoms with Crippen LogP contribution in [0.4, 0.5) is 0 Å². The van der Waals surface area contributed by atoms with Gasteiger partial charge in [-0.25, -0.2) is 0 Å². The van der Waals surface area contributed by atoms with Crippen LogP contribution in [0, 0.1) is 11.8 Å². The minimum atomic E-state index is -0.754. The number of nitrogens with zero attached hydrogens (tertiary/aromatic N) is 1. The molecule has 1 heterocycles. The van der Waals surface area contributed by atoms with Crippen molar-refractivity contribution in [2.75, 3.05) is 6.54 Å². The Balaban J connectivity index is 2.15. The topological polar surface area (TPSA) is 57.6 Å². The molecule has 0 aromatic rings. The van der Waals surface area contributed by atoms with Crippen LogP contribution in [0.25, 0.3) is 0 Å². The van der Waals surface area contributed by atoms with Gasteiger partial charge in [0.05, 0.1) is 5.92 Å².